The van der Waals surface area contributed by atoms with Crippen molar-refractivity contribution >= 4 is 35.5 Å². The standard InChI is InChI=1S/C10H14BClO2S/c1-9(2)10(3,4)14-11(13-9)7-5-15-6-8(7)12/h5-6H,1-4H3. The second-order valence-corrected chi connectivity index (χ2v) is 5.91. The Bertz CT molecular complexity index is 359. The monoisotopic (exact) mass is 244 g/mol. The van der Waals surface area contributed by atoms with Crippen LogP contribution in [0.4, 0.5) is 0 Å². The molecule has 0 aliphatic carbocycles. The zero-order valence-electron chi connectivity index (χ0n) is 9.33. The lowest BCUT2D eigenvalue weighted by molar-refractivity contribution is 0.00578. The first-order valence-corrected chi connectivity index (χ1v) is 6.23. The molecule has 0 amide bonds. The summed E-state index contributed by atoms with van der Waals surface area (Å²) in [5.74, 6) is 0. The van der Waals surface area contributed by atoms with Gasteiger partial charge in [-0.25, -0.2) is 0 Å². The summed E-state index contributed by atoms with van der Waals surface area (Å²) in [4.78, 5) is 0. The summed E-state index contributed by atoms with van der Waals surface area (Å²) < 4.78 is 11.8. The summed E-state index contributed by atoms with van der Waals surface area (Å²) >= 11 is 7.62. The molecule has 1 saturated heterocycles. The fourth-order valence-electron chi connectivity index (χ4n) is 1.43. The summed E-state index contributed by atoms with van der Waals surface area (Å²) in [5.41, 5.74) is 0.326. The maximum absolute atomic E-state index is 6.06. The van der Waals surface area contributed by atoms with Crippen LogP contribution in [0.5, 0.6) is 0 Å². The highest BCUT2D eigenvalue weighted by Crippen LogP contribution is 2.37. The molecule has 1 aromatic heterocycles. The molecule has 0 unspecified atom stereocenters. The van der Waals surface area contributed by atoms with E-state index in [-0.39, 0.29) is 18.3 Å². The molecule has 82 valence electrons. The van der Waals surface area contributed by atoms with E-state index in [2.05, 4.69) is 0 Å². The van der Waals surface area contributed by atoms with Gasteiger partial charge in [-0.3, -0.25) is 0 Å². The summed E-state index contributed by atoms with van der Waals surface area (Å²) in [5, 5.41) is 4.59. The maximum Gasteiger partial charge on any atom is 0.497 e. The average molecular weight is 245 g/mol. The molecule has 2 nitrogen and oxygen atoms in total. The topological polar surface area (TPSA) is 18.5 Å². The average Bonchev–Trinajstić information content (AvgIpc) is 2.55. The summed E-state index contributed by atoms with van der Waals surface area (Å²) in [6.45, 7) is 8.14. The van der Waals surface area contributed by atoms with Crippen LogP contribution in [0.15, 0.2) is 10.8 Å². The van der Waals surface area contributed by atoms with Crippen LogP contribution in [0, 0.1) is 0 Å². The van der Waals surface area contributed by atoms with Crippen LogP contribution in [-0.2, 0) is 9.31 Å². The molecule has 1 aliphatic heterocycles. The lowest BCUT2D eigenvalue weighted by Crippen LogP contribution is -2.41. The molecule has 5 heteroatoms. The van der Waals surface area contributed by atoms with Gasteiger partial charge in [0.05, 0.1) is 16.2 Å². The number of rotatable bonds is 1. The van der Waals surface area contributed by atoms with Crippen LogP contribution in [0.1, 0.15) is 27.7 Å². The molecule has 2 heterocycles. The molecule has 1 aliphatic rings. The third-order valence-corrected chi connectivity index (χ3v) is 4.37. The van der Waals surface area contributed by atoms with Crippen LogP contribution < -0.4 is 5.46 Å². The fourth-order valence-corrected chi connectivity index (χ4v) is 2.50. The Morgan fingerprint density at radius 3 is 2.07 bits per heavy atom. The van der Waals surface area contributed by atoms with Crippen LogP contribution in [0.3, 0.4) is 0 Å². The Hall–Kier alpha value is -0.0251. The Morgan fingerprint density at radius 2 is 1.67 bits per heavy atom. The minimum absolute atomic E-state index is 0.303. The quantitative estimate of drug-likeness (QED) is 0.707. The minimum atomic E-state index is -0.339. The number of thiophene rings is 1. The van der Waals surface area contributed by atoms with Crippen LogP contribution in [0.2, 0.25) is 5.02 Å². The Kier molecular flexibility index (Phi) is 2.66. The maximum atomic E-state index is 6.06. The molecule has 15 heavy (non-hydrogen) atoms. The van der Waals surface area contributed by atoms with Gasteiger partial charge in [-0.2, -0.15) is 11.3 Å². The SMILES string of the molecule is CC1(C)OB(c2cscc2Cl)OC1(C)C. The van der Waals surface area contributed by atoms with Crippen molar-refractivity contribution in [2.24, 2.45) is 0 Å². The molecular weight excluding hydrogens is 230 g/mol. The largest absolute Gasteiger partial charge is 0.497 e. The van der Waals surface area contributed by atoms with Crippen molar-refractivity contribution in [1.29, 1.82) is 0 Å². The van der Waals surface area contributed by atoms with Crippen LogP contribution in [0.25, 0.3) is 0 Å². The summed E-state index contributed by atoms with van der Waals surface area (Å²) in [6.07, 6.45) is 0. The molecule has 0 spiro atoms. The lowest BCUT2D eigenvalue weighted by Gasteiger charge is -2.32. The highest BCUT2D eigenvalue weighted by atomic mass is 35.5. The van der Waals surface area contributed by atoms with Gasteiger partial charge in [-0.1, -0.05) is 11.6 Å². The van der Waals surface area contributed by atoms with E-state index in [0.29, 0.717) is 0 Å². The minimum Gasteiger partial charge on any atom is -0.399 e. The van der Waals surface area contributed by atoms with Crippen molar-refractivity contribution in [2.45, 2.75) is 38.9 Å². The number of hydrogen-bond donors (Lipinski definition) is 0. The van der Waals surface area contributed by atoms with Gasteiger partial charge in [0.2, 0.25) is 0 Å². The smallest absolute Gasteiger partial charge is 0.399 e. The third kappa shape index (κ3) is 1.84. The van der Waals surface area contributed by atoms with Gasteiger partial charge in [0.25, 0.3) is 0 Å². The zero-order chi connectivity index (χ0) is 11.3. The van der Waals surface area contributed by atoms with Crippen LogP contribution in [-0.4, -0.2) is 18.3 Å². The first kappa shape index (κ1) is 11.5. The molecule has 0 aromatic carbocycles. The van der Waals surface area contributed by atoms with Crippen molar-refractivity contribution in [3.63, 3.8) is 0 Å². The zero-order valence-corrected chi connectivity index (χ0v) is 10.9. The van der Waals surface area contributed by atoms with Crippen LogP contribution >= 0.6 is 22.9 Å². The molecule has 2 rings (SSSR count). The number of hydrogen-bond acceptors (Lipinski definition) is 3. The second-order valence-electron chi connectivity index (χ2n) is 4.76. The van der Waals surface area contributed by atoms with E-state index in [1.165, 1.54) is 0 Å². The molecule has 0 saturated carbocycles. The van der Waals surface area contributed by atoms with Crippen molar-refractivity contribution in [2.75, 3.05) is 0 Å². The normalized spacial score (nSPS) is 23.4. The van der Waals surface area contributed by atoms with Gasteiger partial charge < -0.3 is 9.31 Å². The van der Waals surface area contributed by atoms with Gasteiger partial charge in [0.15, 0.2) is 0 Å². The summed E-state index contributed by atoms with van der Waals surface area (Å²) in [6, 6.07) is 0. The van der Waals surface area contributed by atoms with Crippen molar-refractivity contribution < 1.29 is 9.31 Å². The van der Waals surface area contributed by atoms with Crippen molar-refractivity contribution in [3.8, 4) is 0 Å². The molecule has 1 fully saturated rings. The van der Waals surface area contributed by atoms with E-state index in [1.54, 1.807) is 11.3 Å². The number of halogens is 1. The van der Waals surface area contributed by atoms with Gasteiger partial charge in [0.1, 0.15) is 0 Å². The second kappa shape index (κ2) is 3.49. The molecule has 0 atom stereocenters. The molecule has 0 bridgehead atoms. The van der Waals surface area contributed by atoms with Gasteiger partial charge in [-0.15, -0.1) is 0 Å². The predicted octanol–water partition coefficient (Wildman–Crippen LogP) is 2.70. The van der Waals surface area contributed by atoms with Gasteiger partial charge in [0, 0.05) is 10.8 Å². The van der Waals surface area contributed by atoms with E-state index in [1.807, 2.05) is 38.5 Å². The highest BCUT2D eigenvalue weighted by molar-refractivity contribution is 7.10. The molecule has 0 radical (unpaired) electrons. The fraction of sp³-hybridized carbons (Fsp3) is 0.600. The van der Waals surface area contributed by atoms with Crippen molar-refractivity contribution in [1.82, 2.24) is 0 Å². The molecular formula is C10H14BClO2S. The Labute approximate surface area is 99.7 Å². The summed E-state index contributed by atoms with van der Waals surface area (Å²) in [7, 11) is -0.339. The Morgan fingerprint density at radius 1 is 1.13 bits per heavy atom. The van der Waals surface area contributed by atoms with Gasteiger partial charge >= 0.3 is 7.12 Å². The van der Waals surface area contributed by atoms with Crippen molar-refractivity contribution in [3.05, 3.63) is 15.8 Å². The van der Waals surface area contributed by atoms with E-state index in [0.717, 1.165) is 10.5 Å². The predicted molar refractivity (Wildman–Crippen MR) is 65.0 cm³/mol. The van der Waals surface area contributed by atoms with E-state index < -0.39 is 0 Å². The highest BCUT2D eigenvalue weighted by Gasteiger charge is 2.52. The van der Waals surface area contributed by atoms with E-state index >= 15 is 0 Å². The Balaban J connectivity index is 2.27. The van der Waals surface area contributed by atoms with E-state index in [4.69, 9.17) is 20.9 Å². The van der Waals surface area contributed by atoms with Gasteiger partial charge in [-0.05, 0) is 33.1 Å². The lowest BCUT2D eigenvalue weighted by atomic mass is 9.81. The molecule has 1 aromatic rings. The third-order valence-electron chi connectivity index (χ3n) is 3.15. The first-order chi connectivity index (χ1) is 6.83. The first-order valence-electron chi connectivity index (χ1n) is 4.91. The molecule has 0 N–H and O–H groups in total. The van der Waals surface area contributed by atoms with E-state index in [9.17, 15) is 0 Å².